The van der Waals surface area contributed by atoms with Gasteiger partial charge in [-0.25, -0.2) is 0 Å². The molecule has 0 fully saturated rings. The highest BCUT2D eigenvalue weighted by Gasteiger charge is 2.24. The molecule has 0 aromatic heterocycles. The lowest BCUT2D eigenvalue weighted by atomic mass is 10.1. The Balaban J connectivity index is 3.98. The third-order valence-corrected chi connectivity index (χ3v) is 8.34. The number of allylic oxidation sites excluding steroid dienone is 5. The Morgan fingerprint density at radius 3 is 1.57 bits per heavy atom. The molecule has 0 aromatic carbocycles. The van der Waals surface area contributed by atoms with Gasteiger partial charge in [0.1, 0.15) is 0 Å². The van der Waals surface area contributed by atoms with Gasteiger partial charge in [0, 0.05) is 6.42 Å². The number of carbonyl (C=O) groups excluding carboxylic acids is 1. The van der Waals surface area contributed by atoms with E-state index in [1.807, 2.05) is 6.08 Å². The van der Waals surface area contributed by atoms with Crippen molar-refractivity contribution in [3.8, 4) is 0 Å². The quantitative estimate of drug-likeness (QED) is 0.0426. The van der Waals surface area contributed by atoms with Crippen LogP contribution in [0.5, 0.6) is 0 Å². The van der Waals surface area contributed by atoms with Crippen molar-refractivity contribution in [2.24, 2.45) is 0 Å². The number of unbranched alkanes of at least 4 members (excludes halogenated alkanes) is 18. The van der Waals surface area contributed by atoms with Crippen LogP contribution in [-0.2, 0) is 14.9 Å². The van der Waals surface area contributed by atoms with E-state index in [1.54, 1.807) is 0 Å². The Morgan fingerprint density at radius 2 is 1.07 bits per heavy atom. The number of carbonyl (C=O) groups is 1. The third kappa shape index (κ3) is 30.0. The average molecular weight is 612 g/mol. The van der Waals surface area contributed by atoms with Crippen LogP contribution in [0.4, 0.5) is 0 Å². The fourth-order valence-corrected chi connectivity index (χ4v) is 5.68. The number of aliphatic hydroxyl groups excluding tert-OH is 1. The molecule has 0 aromatic rings. The summed E-state index contributed by atoms with van der Waals surface area (Å²) in [6, 6.07) is -1.06. The van der Waals surface area contributed by atoms with Gasteiger partial charge < -0.3 is 10.4 Å². The minimum absolute atomic E-state index is 0.286. The highest BCUT2D eigenvalue weighted by molar-refractivity contribution is 7.85. The smallest absolute Gasteiger partial charge is 0.267 e. The zero-order valence-electron chi connectivity index (χ0n) is 27.1. The van der Waals surface area contributed by atoms with Crippen LogP contribution in [0.3, 0.4) is 0 Å². The molecule has 0 saturated heterocycles. The summed E-state index contributed by atoms with van der Waals surface area (Å²) in [6.45, 7) is 4.44. The molecule has 2 atom stereocenters. The van der Waals surface area contributed by atoms with E-state index in [9.17, 15) is 22.9 Å². The van der Waals surface area contributed by atoms with Gasteiger partial charge in [-0.15, -0.1) is 0 Å². The Hall–Kier alpha value is -1.44. The SMILES string of the molecule is CCCCCC/C=C\C/C=C\CCCCCCCCCC(=O)NC(CS(=O)(=O)O)C(O)/C=C/CCCCCCCCC. The normalized spacial score (nSPS) is 13.9. The Kier molecular flexibility index (Phi) is 28.6. The largest absolute Gasteiger partial charge is 0.387 e. The molecule has 1 amide bonds. The number of hydrogen-bond acceptors (Lipinski definition) is 4. The molecule has 7 heteroatoms. The van der Waals surface area contributed by atoms with E-state index in [1.165, 1.54) is 89.5 Å². The van der Waals surface area contributed by atoms with Gasteiger partial charge in [-0.3, -0.25) is 9.35 Å². The molecule has 0 bridgehead atoms. The molecular weight excluding hydrogens is 546 g/mol. The van der Waals surface area contributed by atoms with Crippen molar-refractivity contribution in [1.82, 2.24) is 5.32 Å². The van der Waals surface area contributed by atoms with Gasteiger partial charge in [-0.05, 0) is 51.4 Å². The van der Waals surface area contributed by atoms with E-state index in [4.69, 9.17) is 0 Å². The van der Waals surface area contributed by atoms with Crippen LogP contribution in [0.25, 0.3) is 0 Å². The van der Waals surface area contributed by atoms with Gasteiger partial charge in [-0.1, -0.05) is 140 Å². The molecule has 42 heavy (non-hydrogen) atoms. The summed E-state index contributed by atoms with van der Waals surface area (Å²) < 4.78 is 32.2. The molecule has 2 unspecified atom stereocenters. The second kappa shape index (κ2) is 29.6. The molecule has 3 N–H and O–H groups in total. The van der Waals surface area contributed by atoms with Gasteiger partial charge in [0.15, 0.2) is 0 Å². The second-order valence-electron chi connectivity index (χ2n) is 11.8. The van der Waals surface area contributed by atoms with Crippen molar-refractivity contribution >= 4 is 16.0 Å². The van der Waals surface area contributed by atoms with Crippen molar-refractivity contribution in [1.29, 1.82) is 0 Å². The lowest BCUT2D eigenvalue weighted by Crippen LogP contribution is -2.46. The summed E-state index contributed by atoms with van der Waals surface area (Å²) in [5, 5.41) is 13.1. The fraction of sp³-hybridized carbons (Fsp3) is 0.800. The monoisotopic (exact) mass is 611 g/mol. The van der Waals surface area contributed by atoms with Crippen LogP contribution in [0.15, 0.2) is 36.5 Å². The minimum Gasteiger partial charge on any atom is -0.387 e. The Morgan fingerprint density at radius 1 is 0.643 bits per heavy atom. The van der Waals surface area contributed by atoms with Crippen LogP contribution in [0, 0.1) is 0 Å². The zero-order chi connectivity index (χ0) is 31.2. The fourth-order valence-electron chi connectivity index (χ4n) is 4.95. The number of aliphatic hydroxyl groups is 1. The zero-order valence-corrected chi connectivity index (χ0v) is 27.9. The summed E-state index contributed by atoms with van der Waals surface area (Å²) in [7, 11) is -4.33. The maximum atomic E-state index is 12.4. The lowest BCUT2D eigenvalue weighted by molar-refractivity contribution is -0.122. The first kappa shape index (κ1) is 40.6. The molecule has 0 spiro atoms. The molecule has 0 aliphatic rings. The van der Waals surface area contributed by atoms with Crippen LogP contribution in [0.1, 0.15) is 162 Å². The number of nitrogens with one attached hydrogen (secondary N) is 1. The predicted molar refractivity (Wildman–Crippen MR) is 179 cm³/mol. The number of amides is 1. The first-order chi connectivity index (χ1) is 20.3. The van der Waals surface area contributed by atoms with Crippen LogP contribution in [-0.4, -0.2) is 41.9 Å². The second-order valence-corrected chi connectivity index (χ2v) is 13.3. The van der Waals surface area contributed by atoms with E-state index in [-0.39, 0.29) is 12.3 Å². The first-order valence-corrected chi connectivity index (χ1v) is 18.8. The van der Waals surface area contributed by atoms with Gasteiger partial charge in [0.2, 0.25) is 5.91 Å². The molecule has 246 valence electrons. The van der Waals surface area contributed by atoms with Gasteiger partial charge in [0.25, 0.3) is 10.1 Å². The maximum Gasteiger partial charge on any atom is 0.267 e. The van der Waals surface area contributed by atoms with Gasteiger partial charge in [-0.2, -0.15) is 8.42 Å². The van der Waals surface area contributed by atoms with Crippen LogP contribution >= 0.6 is 0 Å². The van der Waals surface area contributed by atoms with Gasteiger partial charge >= 0.3 is 0 Å². The number of hydrogen-bond donors (Lipinski definition) is 3. The predicted octanol–water partition coefficient (Wildman–Crippen LogP) is 9.40. The third-order valence-electron chi connectivity index (χ3n) is 7.56. The topological polar surface area (TPSA) is 104 Å². The lowest BCUT2D eigenvalue weighted by Gasteiger charge is -2.21. The summed E-state index contributed by atoms with van der Waals surface area (Å²) in [4.78, 5) is 12.4. The Labute approximate surface area is 259 Å². The molecule has 0 heterocycles. The molecule has 0 rings (SSSR count). The maximum absolute atomic E-state index is 12.4. The molecule has 6 nitrogen and oxygen atoms in total. The van der Waals surface area contributed by atoms with E-state index in [0.717, 1.165) is 57.8 Å². The molecular formula is C35H65NO5S. The number of rotatable bonds is 30. The summed E-state index contributed by atoms with van der Waals surface area (Å²) >= 11 is 0. The van der Waals surface area contributed by atoms with E-state index in [0.29, 0.717) is 0 Å². The molecule has 0 aliphatic heterocycles. The van der Waals surface area contributed by atoms with Crippen LogP contribution in [0.2, 0.25) is 0 Å². The molecule has 0 radical (unpaired) electrons. The van der Waals surface area contributed by atoms with E-state index in [2.05, 4.69) is 43.5 Å². The van der Waals surface area contributed by atoms with E-state index >= 15 is 0 Å². The standard InChI is InChI=1S/C35H65NO5S/c1-3-5-7-9-11-13-14-15-16-17-18-19-20-21-23-25-27-29-31-35(38)36-33(32-42(39,40)41)34(37)30-28-26-24-22-12-10-8-6-4-2/h13-14,16-17,28,30,33-34,37H,3-12,15,18-27,29,31-32H2,1-2H3,(H,36,38)(H,39,40,41)/b14-13-,17-16-,30-28+. The minimum atomic E-state index is -4.33. The van der Waals surface area contributed by atoms with Crippen molar-refractivity contribution in [3.05, 3.63) is 36.5 Å². The summed E-state index contributed by atoms with van der Waals surface area (Å²) in [5.74, 6) is -0.992. The average Bonchev–Trinajstić information content (AvgIpc) is 2.94. The van der Waals surface area contributed by atoms with Crippen molar-refractivity contribution in [3.63, 3.8) is 0 Å². The summed E-state index contributed by atoms with van der Waals surface area (Å²) in [5.41, 5.74) is 0. The van der Waals surface area contributed by atoms with Crippen molar-refractivity contribution in [2.75, 3.05) is 5.75 Å². The molecule has 0 saturated carbocycles. The molecule has 0 aliphatic carbocycles. The Bertz CT molecular complexity index is 806. The van der Waals surface area contributed by atoms with Crippen molar-refractivity contribution < 1.29 is 22.9 Å². The summed E-state index contributed by atoms with van der Waals surface area (Å²) in [6.07, 6.45) is 37.0. The van der Waals surface area contributed by atoms with Crippen LogP contribution < -0.4 is 5.32 Å². The first-order valence-electron chi connectivity index (χ1n) is 17.2. The highest BCUT2D eigenvalue weighted by atomic mass is 32.2. The highest BCUT2D eigenvalue weighted by Crippen LogP contribution is 2.12. The van der Waals surface area contributed by atoms with Gasteiger partial charge in [0.05, 0.1) is 17.9 Å². The van der Waals surface area contributed by atoms with Crippen molar-refractivity contribution in [2.45, 2.75) is 174 Å². The van der Waals surface area contributed by atoms with E-state index < -0.39 is 28.0 Å².